The van der Waals surface area contributed by atoms with Crippen molar-refractivity contribution >= 4 is 41.4 Å². The zero-order valence-corrected chi connectivity index (χ0v) is 22.1. The van der Waals surface area contributed by atoms with E-state index < -0.39 is 20.0 Å². The van der Waals surface area contributed by atoms with Crippen LogP contribution in [-0.2, 0) is 4.43 Å². The number of hydrogen-bond acceptors (Lipinski definition) is 4. The Hall–Kier alpha value is -1.90. The molecule has 1 N–H and O–H groups in total. The summed E-state index contributed by atoms with van der Waals surface area (Å²) in [6, 6.07) is 4.48. The molecule has 1 amide bonds. The number of hydrogen-bond donors (Lipinski definition) is 1. The van der Waals surface area contributed by atoms with E-state index in [9.17, 15) is 9.18 Å². The molecule has 1 aliphatic rings. The Labute approximate surface area is 199 Å². The van der Waals surface area contributed by atoms with E-state index >= 15 is 0 Å². The van der Waals surface area contributed by atoms with Gasteiger partial charge in [-0.05, 0) is 76.6 Å². The number of aromatic nitrogens is 2. The summed E-state index contributed by atoms with van der Waals surface area (Å²) in [6.45, 7) is 13.5. The van der Waals surface area contributed by atoms with Gasteiger partial charge in [-0.1, -0.05) is 33.8 Å². The number of carbonyl (C=O) groups is 1. The highest BCUT2D eigenvalue weighted by molar-refractivity contribution is 9.10. The molecule has 2 unspecified atom stereocenters. The quantitative estimate of drug-likeness (QED) is 0.347. The third kappa shape index (κ3) is 5.71. The number of nitrogens with zero attached hydrogens (tertiary/aromatic N) is 2. The molecule has 3 rings (SSSR count). The van der Waals surface area contributed by atoms with Gasteiger partial charge in [-0.15, -0.1) is 0 Å². The van der Waals surface area contributed by atoms with Gasteiger partial charge in [-0.25, -0.2) is 9.37 Å². The average molecular weight is 521 g/mol. The minimum Gasteiger partial charge on any atom is -0.411 e. The standard InChI is InChI=1S/C24H31BrFN3O2Si/c1-15-11-16(13-17(12-15)31-32(5,6)24(2,3)4)18-9-10-27-14-21(18)29-23(30)20-8-7-19(26)22(25)28-20/h7-10,13-15,17H,11-12H2,1-6H3,(H,29,30). The highest BCUT2D eigenvalue weighted by Crippen LogP contribution is 2.41. The minimum absolute atomic E-state index is 0.00555. The van der Waals surface area contributed by atoms with Crippen molar-refractivity contribution in [2.45, 2.75) is 64.8 Å². The molecule has 32 heavy (non-hydrogen) atoms. The summed E-state index contributed by atoms with van der Waals surface area (Å²) in [7, 11) is -1.92. The van der Waals surface area contributed by atoms with Crippen LogP contribution in [0.4, 0.5) is 10.1 Å². The van der Waals surface area contributed by atoms with E-state index in [1.807, 2.05) is 6.07 Å². The number of carbonyl (C=O) groups excluding carboxylic acids is 1. The van der Waals surface area contributed by atoms with Gasteiger partial charge in [-0.3, -0.25) is 9.78 Å². The maximum atomic E-state index is 13.5. The molecular weight excluding hydrogens is 489 g/mol. The van der Waals surface area contributed by atoms with E-state index in [1.165, 1.54) is 12.1 Å². The second kappa shape index (κ2) is 9.53. The summed E-state index contributed by atoms with van der Waals surface area (Å²) in [5.74, 6) is -0.479. The molecular formula is C24H31BrFN3O2Si. The maximum absolute atomic E-state index is 13.5. The molecule has 0 saturated carbocycles. The first-order valence-corrected chi connectivity index (χ1v) is 14.5. The molecule has 0 fully saturated rings. The summed E-state index contributed by atoms with van der Waals surface area (Å²) in [5, 5.41) is 3.03. The van der Waals surface area contributed by atoms with E-state index in [4.69, 9.17) is 4.43 Å². The van der Waals surface area contributed by atoms with E-state index in [2.05, 4.69) is 78.1 Å². The van der Waals surface area contributed by atoms with Gasteiger partial charge in [0, 0.05) is 11.8 Å². The van der Waals surface area contributed by atoms with Crippen molar-refractivity contribution in [3.05, 3.63) is 58.3 Å². The van der Waals surface area contributed by atoms with Crippen LogP contribution in [0, 0.1) is 11.7 Å². The number of amides is 1. The van der Waals surface area contributed by atoms with Crippen molar-refractivity contribution < 1.29 is 13.6 Å². The Morgan fingerprint density at radius 2 is 2.00 bits per heavy atom. The van der Waals surface area contributed by atoms with Gasteiger partial charge < -0.3 is 9.74 Å². The van der Waals surface area contributed by atoms with Gasteiger partial charge in [-0.2, -0.15) is 0 Å². The molecule has 8 heteroatoms. The Kier molecular flexibility index (Phi) is 7.37. The molecule has 1 aliphatic carbocycles. The number of nitrogens with one attached hydrogen (secondary N) is 1. The Morgan fingerprint density at radius 3 is 2.66 bits per heavy atom. The fourth-order valence-corrected chi connectivity index (χ4v) is 5.15. The number of anilines is 1. The SMILES string of the molecule is CC1CC(c2ccncc2NC(=O)c2ccc(F)c(Br)n2)=CC(O[Si](C)(C)C(C)(C)C)C1. The maximum Gasteiger partial charge on any atom is 0.274 e. The summed E-state index contributed by atoms with van der Waals surface area (Å²) in [4.78, 5) is 20.9. The first kappa shape index (κ1) is 24.7. The molecule has 0 radical (unpaired) electrons. The number of allylic oxidation sites excluding steroid dienone is 1. The lowest BCUT2D eigenvalue weighted by molar-refractivity contribution is 0.102. The van der Waals surface area contributed by atoms with Gasteiger partial charge in [0.1, 0.15) is 10.3 Å². The van der Waals surface area contributed by atoms with Crippen molar-refractivity contribution in [3.8, 4) is 0 Å². The minimum atomic E-state index is -1.92. The second-order valence-electron chi connectivity index (χ2n) is 10.00. The van der Waals surface area contributed by atoms with Crippen molar-refractivity contribution in [2.75, 3.05) is 5.32 Å². The van der Waals surface area contributed by atoms with Crippen molar-refractivity contribution in [1.82, 2.24) is 9.97 Å². The topological polar surface area (TPSA) is 64.1 Å². The van der Waals surface area contributed by atoms with Crippen LogP contribution in [0.3, 0.4) is 0 Å². The molecule has 0 aromatic carbocycles. The monoisotopic (exact) mass is 519 g/mol. The lowest BCUT2D eigenvalue weighted by atomic mass is 9.85. The van der Waals surface area contributed by atoms with E-state index in [-0.39, 0.29) is 21.4 Å². The van der Waals surface area contributed by atoms with Crippen LogP contribution in [-0.4, -0.2) is 30.3 Å². The summed E-state index contributed by atoms with van der Waals surface area (Å²) in [6.07, 6.45) is 7.48. The molecule has 172 valence electrons. The van der Waals surface area contributed by atoms with Crippen LogP contribution in [0.5, 0.6) is 0 Å². The third-order valence-electron chi connectivity index (χ3n) is 6.29. The fourth-order valence-electron chi connectivity index (χ4n) is 3.56. The molecule has 2 aromatic heterocycles. The van der Waals surface area contributed by atoms with Crippen LogP contribution < -0.4 is 5.32 Å². The molecule has 0 saturated heterocycles. The van der Waals surface area contributed by atoms with Crippen LogP contribution in [0.1, 0.15) is 56.6 Å². The first-order valence-electron chi connectivity index (χ1n) is 10.8. The van der Waals surface area contributed by atoms with Crippen molar-refractivity contribution in [1.29, 1.82) is 0 Å². The molecule has 2 atom stereocenters. The smallest absolute Gasteiger partial charge is 0.274 e. The summed E-state index contributed by atoms with van der Waals surface area (Å²) in [5.41, 5.74) is 2.78. The zero-order chi connectivity index (χ0) is 23.7. The highest BCUT2D eigenvalue weighted by Gasteiger charge is 2.39. The summed E-state index contributed by atoms with van der Waals surface area (Å²) < 4.78 is 20.2. The van der Waals surface area contributed by atoms with E-state index in [1.54, 1.807) is 12.4 Å². The van der Waals surface area contributed by atoms with Crippen LogP contribution in [0.25, 0.3) is 5.57 Å². The van der Waals surface area contributed by atoms with Crippen LogP contribution in [0.2, 0.25) is 18.1 Å². The van der Waals surface area contributed by atoms with Crippen molar-refractivity contribution in [3.63, 3.8) is 0 Å². The number of halogens is 2. The van der Waals surface area contributed by atoms with Crippen molar-refractivity contribution in [2.24, 2.45) is 5.92 Å². The predicted molar refractivity (Wildman–Crippen MR) is 133 cm³/mol. The molecule has 0 aliphatic heterocycles. The Morgan fingerprint density at radius 1 is 1.28 bits per heavy atom. The average Bonchev–Trinajstić information content (AvgIpc) is 2.68. The van der Waals surface area contributed by atoms with Gasteiger partial charge in [0.25, 0.3) is 5.91 Å². The van der Waals surface area contributed by atoms with Crippen LogP contribution >= 0.6 is 15.9 Å². The number of rotatable bonds is 5. The lowest BCUT2D eigenvalue weighted by Gasteiger charge is -2.40. The van der Waals surface area contributed by atoms with E-state index in [0.717, 1.165) is 24.0 Å². The fraction of sp³-hybridized carbons (Fsp3) is 0.458. The lowest BCUT2D eigenvalue weighted by Crippen LogP contribution is -2.44. The third-order valence-corrected chi connectivity index (χ3v) is 11.4. The van der Waals surface area contributed by atoms with Crippen LogP contribution in [0.15, 0.2) is 41.3 Å². The van der Waals surface area contributed by atoms with Gasteiger partial charge in [0.2, 0.25) is 0 Å². The second-order valence-corrected chi connectivity index (χ2v) is 15.5. The molecule has 2 heterocycles. The highest BCUT2D eigenvalue weighted by atomic mass is 79.9. The molecule has 5 nitrogen and oxygen atoms in total. The van der Waals surface area contributed by atoms with E-state index in [0.29, 0.717) is 11.6 Å². The summed E-state index contributed by atoms with van der Waals surface area (Å²) >= 11 is 3.03. The molecule has 0 spiro atoms. The Balaban J connectivity index is 1.88. The van der Waals surface area contributed by atoms with Gasteiger partial charge >= 0.3 is 0 Å². The normalized spacial score (nSPS) is 19.4. The molecule has 2 aromatic rings. The zero-order valence-electron chi connectivity index (χ0n) is 19.5. The largest absolute Gasteiger partial charge is 0.411 e. The van der Waals surface area contributed by atoms with Gasteiger partial charge in [0.15, 0.2) is 14.1 Å². The predicted octanol–water partition coefficient (Wildman–Crippen LogP) is 6.83. The molecule has 0 bridgehead atoms. The Bertz CT molecular complexity index is 1040. The van der Waals surface area contributed by atoms with Gasteiger partial charge in [0.05, 0.1) is 18.0 Å². The number of pyridine rings is 2. The first-order chi connectivity index (χ1) is 14.9.